The highest BCUT2D eigenvalue weighted by atomic mass is 32.2. The molecule has 0 N–H and O–H groups in total. The van der Waals surface area contributed by atoms with E-state index in [9.17, 15) is 22.8 Å². The quantitative estimate of drug-likeness (QED) is 0.530. The van der Waals surface area contributed by atoms with E-state index in [2.05, 4.69) is 4.98 Å². The number of benzene rings is 1. The molecule has 2 aromatic heterocycles. The minimum absolute atomic E-state index is 0.0485. The van der Waals surface area contributed by atoms with E-state index in [0.29, 0.717) is 6.42 Å². The molecule has 1 atom stereocenters. The fraction of sp³-hybridized carbons (Fsp3) is 0.400. The molecule has 1 aliphatic heterocycles. The highest BCUT2D eigenvalue weighted by molar-refractivity contribution is 7.91. The first kappa shape index (κ1) is 21.0. The number of hydrogen-bond acceptors (Lipinski definition) is 6. The second kappa shape index (κ2) is 7.80. The van der Waals surface area contributed by atoms with Gasteiger partial charge < -0.3 is 9.47 Å². The van der Waals surface area contributed by atoms with Crippen LogP contribution < -0.4 is 11.2 Å². The third-order valence-corrected chi connectivity index (χ3v) is 7.44. The van der Waals surface area contributed by atoms with Crippen molar-refractivity contribution in [1.82, 2.24) is 23.6 Å². The van der Waals surface area contributed by atoms with Gasteiger partial charge in [0.1, 0.15) is 6.54 Å². The van der Waals surface area contributed by atoms with Crippen LogP contribution in [0.4, 0.5) is 0 Å². The molecule has 4 rings (SSSR count). The molecule has 1 aliphatic rings. The van der Waals surface area contributed by atoms with Crippen LogP contribution in [0, 0.1) is 0 Å². The second-order valence-electron chi connectivity index (χ2n) is 7.81. The number of carbonyl (C=O) groups is 1. The van der Waals surface area contributed by atoms with Gasteiger partial charge in [-0.3, -0.25) is 18.7 Å². The van der Waals surface area contributed by atoms with Gasteiger partial charge in [0.15, 0.2) is 21.0 Å². The molecular formula is C20H23N5O5S. The zero-order chi connectivity index (χ0) is 22.3. The Kier molecular flexibility index (Phi) is 5.29. The summed E-state index contributed by atoms with van der Waals surface area (Å²) in [6, 6.07) is 8.91. The SMILES string of the molecule is Cn1c(=O)c2c(ncn2CC(=O)N(Cc2ccccc2)[C@@H]2CCS(=O)(=O)C2)n(C)c1=O. The van der Waals surface area contributed by atoms with E-state index in [1.165, 1.54) is 29.6 Å². The Bertz CT molecular complexity index is 1370. The maximum absolute atomic E-state index is 13.3. The van der Waals surface area contributed by atoms with Crippen LogP contribution in [0.5, 0.6) is 0 Å². The molecule has 0 bridgehead atoms. The Morgan fingerprint density at radius 3 is 2.52 bits per heavy atom. The Morgan fingerprint density at radius 2 is 1.87 bits per heavy atom. The minimum atomic E-state index is -3.19. The van der Waals surface area contributed by atoms with Gasteiger partial charge in [0, 0.05) is 26.7 Å². The minimum Gasteiger partial charge on any atom is -0.333 e. The van der Waals surface area contributed by atoms with Crippen molar-refractivity contribution in [2.45, 2.75) is 25.6 Å². The predicted octanol–water partition coefficient (Wildman–Crippen LogP) is -0.350. The Labute approximate surface area is 178 Å². The smallest absolute Gasteiger partial charge is 0.332 e. The predicted molar refractivity (Wildman–Crippen MR) is 114 cm³/mol. The van der Waals surface area contributed by atoms with Crippen molar-refractivity contribution in [3.05, 3.63) is 63.1 Å². The number of aromatic nitrogens is 4. The summed E-state index contributed by atoms with van der Waals surface area (Å²) in [6.45, 7) is 0.0797. The monoisotopic (exact) mass is 445 g/mol. The van der Waals surface area contributed by atoms with Crippen LogP contribution in [-0.2, 0) is 41.8 Å². The molecule has 11 heteroatoms. The van der Waals surface area contributed by atoms with Gasteiger partial charge in [-0.2, -0.15) is 0 Å². The maximum Gasteiger partial charge on any atom is 0.332 e. The topological polar surface area (TPSA) is 116 Å². The highest BCUT2D eigenvalue weighted by Crippen LogP contribution is 2.21. The molecule has 1 saturated heterocycles. The van der Waals surface area contributed by atoms with Gasteiger partial charge >= 0.3 is 5.69 Å². The van der Waals surface area contributed by atoms with Gasteiger partial charge in [0.2, 0.25) is 5.91 Å². The van der Waals surface area contributed by atoms with Crippen LogP contribution >= 0.6 is 0 Å². The Morgan fingerprint density at radius 1 is 1.16 bits per heavy atom. The standard InChI is InChI=1S/C20H23N5O5S/c1-22-18-17(19(27)23(2)20(22)28)24(13-21-18)11-16(26)25(10-14-6-4-3-5-7-14)15-8-9-31(29,30)12-15/h3-7,13,15H,8-12H2,1-2H3/t15-/m1/s1. The van der Waals surface area contributed by atoms with Gasteiger partial charge in [-0.05, 0) is 12.0 Å². The van der Waals surface area contributed by atoms with Crippen LogP contribution in [0.25, 0.3) is 11.2 Å². The summed E-state index contributed by atoms with van der Waals surface area (Å²) in [6.07, 6.45) is 1.73. The van der Waals surface area contributed by atoms with Gasteiger partial charge in [-0.25, -0.2) is 18.2 Å². The van der Waals surface area contributed by atoms with E-state index >= 15 is 0 Å². The summed E-state index contributed by atoms with van der Waals surface area (Å²) in [5, 5.41) is 0. The lowest BCUT2D eigenvalue weighted by Gasteiger charge is -2.28. The maximum atomic E-state index is 13.3. The number of amides is 1. The summed E-state index contributed by atoms with van der Waals surface area (Å²) in [7, 11) is -0.312. The summed E-state index contributed by atoms with van der Waals surface area (Å²) in [4.78, 5) is 43.8. The number of sulfone groups is 1. The Balaban J connectivity index is 1.70. The fourth-order valence-corrected chi connectivity index (χ4v) is 5.71. The van der Waals surface area contributed by atoms with Crippen molar-refractivity contribution in [3.63, 3.8) is 0 Å². The molecule has 0 unspecified atom stereocenters. The van der Waals surface area contributed by atoms with Gasteiger partial charge in [-0.1, -0.05) is 30.3 Å². The third kappa shape index (κ3) is 3.92. The molecule has 31 heavy (non-hydrogen) atoms. The van der Waals surface area contributed by atoms with Crippen molar-refractivity contribution in [2.75, 3.05) is 11.5 Å². The molecule has 1 aromatic carbocycles. The molecule has 0 spiro atoms. The number of imidazole rings is 1. The molecule has 3 heterocycles. The summed E-state index contributed by atoms with van der Waals surface area (Å²) >= 11 is 0. The lowest BCUT2D eigenvalue weighted by Crippen LogP contribution is -2.43. The summed E-state index contributed by atoms with van der Waals surface area (Å²) < 4.78 is 27.7. The average molecular weight is 446 g/mol. The number of rotatable bonds is 5. The van der Waals surface area contributed by atoms with Crippen molar-refractivity contribution in [2.24, 2.45) is 14.1 Å². The Hall–Kier alpha value is -3.21. The number of fused-ring (bicyclic) bond motifs is 1. The van der Waals surface area contributed by atoms with Crippen molar-refractivity contribution in [1.29, 1.82) is 0 Å². The molecule has 164 valence electrons. The largest absolute Gasteiger partial charge is 0.333 e. The number of carbonyl (C=O) groups excluding carboxylic acids is 1. The number of hydrogen-bond donors (Lipinski definition) is 0. The zero-order valence-corrected chi connectivity index (χ0v) is 18.1. The summed E-state index contributed by atoms with van der Waals surface area (Å²) in [5.41, 5.74) is 0.182. The molecule has 3 aromatic rings. The van der Waals surface area contributed by atoms with Gasteiger partial charge in [0.25, 0.3) is 5.56 Å². The zero-order valence-electron chi connectivity index (χ0n) is 17.3. The first-order valence-corrected chi connectivity index (χ1v) is 11.6. The molecule has 1 amide bonds. The van der Waals surface area contributed by atoms with Crippen molar-refractivity contribution < 1.29 is 13.2 Å². The van der Waals surface area contributed by atoms with Crippen molar-refractivity contribution in [3.8, 4) is 0 Å². The first-order chi connectivity index (χ1) is 14.7. The van der Waals surface area contributed by atoms with Crippen LogP contribution in [-0.4, -0.2) is 55.5 Å². The fourth-order valence-electron chi connectivity index (χ4n) is 3.98. The van der Waals surface area contributed by atoms with Crippen LogP contribution in [0.15, 0.2) is 46.2 Å². The van der Waals surface area contributed by atoms with E-state index in [1.54, 1.807) is 4.90 Å². The highest BCUT2D eigenvalue weighted by Gasteiger charge is 2.35. The number of nitrogens with zero attached hydrogens (tertiary/aromatic N) is 5. The van der Waals surface area contributed by atoms with E-state index in [1.807, 2.05) is 30.3 Å². The molecular weight excluding hydrogens is 422 g/mol. The van der Waals surface area contributed by atoms with E-state index in [4.69, 9.17) is 0 Å². The average Bonchev–Trinajstić information content (AvgIpc) is 3.32. The summed E-state index contributed by atoms with van der Waals surface area (Å²) in [5.74, 6) is -0.347. The van der Waals surface area contributed by atoms with Gasteiger partial charge in [0.05, 0.1) is 17.8 Å². The van der Waals surface area contributed by atoms with Gasteiger partial charge in [-0.15, -0.1) is 0 Å². The van der Waals surface area contributed by atoms with E-state index in [0.717, 1.165) is 10.1 Å². The lowest BCUT2D eigenvalue weighted by atomic mass is 10.1. The third-order valence-electron chi connectivity index (χ3n) is 5.69. The first-order valence-electron chi connectivity index (χ1n) is 9.82. The molecule has 0 radical (unpaired) electrons. The molecule has 0 aliphatic carbocycles. The second-order valence-corrected chi connectivity index (χ2v) is 10.0. The van der Waals surface area contributed by atoms with Crippen LogP contribution in [0.3, 0.4) is 0 Å². The normalized spacial score (nSPS) is 17.8. The lowest BCUT2D eigenvalue weighted by molar-refractivity contribution is -0.134. The van der Waals surface area contributed by atoms with E-state index in [-0.39, 0.29) is 41.7 Å². The molecule has 10 nitrogen and oxygen atoms in total. The molecule has 1 fully saturated rings. The molecule has 0 saturated carbocycles. The van der Waals surface area contributed by atoms with E-state index < -0.39 is 27.1 Å². The number of aryl methyl sites for hydroxylation is 1. The van der Waals surface area contributed by atoms with Crippen LogP contribution in [0.2, 0.25) is 0 Å². The van der Waals surface area contributed by atoms with Crippen molar-refractivity contribution >= 4 is 26.9 Å². The van der Waals surface area contributed by atoms with Crippen LogP contribution in [0.1, 0.15) is 12.0 Å².